The van der Waals surface area contributed by atoms with Crippen LogP contribution in [-0.2, 0) is 11.2 Å². The number of amides is 1. The molecule has 0 aromatic heterocycles. The Balaban J connectivity index is 2.22. The highest BCUT2D eigenvalue weighted by atomic mass is 16.5. The van der Waals surface area contributed by atoms with Crippen molar-refractivity contribution >= 4 is 17.4 Å². The molecule has 26 heavy (non-hydrogen) atoms. The predicted octanol–water partition coefficient (Wildman–Crippen LogP) is 3.23. The topological polar surface area (TPSA) is 88.4 Å². The van der Waals surface area contributed by atoms with Crippen molar-refractivity contribution < 1.29 is 19.1 Å². The number of anilines is 1. The molecule has 2 rings (SSSR count). The van der Waals surface area contributed by atoms with Crippen LogP contribution < -0.4 is 14.8 Å². The summed E-state index contributed by atoms with van der Waals surface area (Å²) >= 11 is 0. The van der Waals surface area contributed by atoms with Crippen molar-refractivity contribution in [2.24, 2.45) is 5.92 Å². The van der Waals surface area contributed by atoms with Crippen LogP contribution in [0.3, 0.4) is 0 Å². The summed E-state index contributed by atoms with van der Waals surface area (Å²) in [6, 6.07) is 13.6. The van der Waals surface area contributed by atoms with E-state index in [-0.39, 0.29) is 5.56 Å². The Labute approximate surface area is 152 Å². The molecule has 0 aliphatic carbocycles. The van der Waals surface area contributed by atoms with E-state index >= 15 is 0 Å². The third kappa shape index (κ3) is 4.39. The monoisotopic (exact) mass is 352 g/mol. The number of carbonyl (C=O) groups is 2. The fraction of sp³-hybridized carbons (Fsp3) is 0.250. The molecule has 0 spiro atoms. The van der Waals surface area contributed by atoms with Crippen LogP contribution >= 0.6 is 0 Å². The van der Waals surface area contributed by atoms with E-state index in [1.54, 1.807) is 24.3 Å². The van der Waals surface area contributed by atoms with E-state index in [4.69, 9.17) is 9.47 Å². The Bertz CT molecular complexity index is 816. The largest absolute Gasteiger partial charge is 0.497 e. The van der Waals surface area contributed by atoms with E-state index in [1.807, 2.05) is 19.1 Å². The summed E-state index contributed by atoms with van der Waals surface area (Å²) in [6.45, 7) is 2.03. The lowest BCUT2D eigenvalue weighted by Gasteiger charge is -2.12. The van der Waals surface area contributed by atoms with Gasteiger partial charge in [0.15, 0.2) is 11.7 Å². The van der Waals surface area contributed by atoms with Gasteiger partial charge in [0.2, 0.25) is 5.91 Å². The molecule has 6 heteroatoms. The summed E-state index contributed by atoms with van der Waals surface area (Å²) in [5, 5.41) is 12.0. The van der Waals surface area contributed by atoms with Gasteiger partial charge < -0.3 is 14.8 Å². The number of rotatable bonds is 7. The number of ether oxygens (including phenoxy) is 2. The van der Waals surface area contributed by atoms with E-state index in [0.29, 0.717) is 17.2 Å². The fourth-order valence-corrected chi connectivity index (χ4v) is 2.39. The van der Waals surface area contributed by atoms with E-state index in [9.17, 15) is 14.9 Å². The highest BCUT2D eigenvalue weighted by Gasteiger charge is 2.28. The van der Waals surface area contributed by atoms with Crippen molar-refractivity contribution in [3.63, 3.8) is 0 Å². The lowest BCUT2D eigenvalue weighted by Crippen LogP contribution is -2.28. The Morgan fingerprint density at radius 2 is 1.65 bits per heavy atom. The van der Waals surface area contributed by atoms with Crippen LogP contribution in [0.2, 0.25) is 0 Å². The van der Waals surface area contributed by atoms with Gasteiger partial charge in [-0.1, -0.05) is 19.1 Å². The molecule has 1 N–H and O–H groups in total. The van der Waals surface area contributed by atoms with Crippen LogP contribution in [0, 0.1) is 17.2 Å². The number of benzene rings is 2. The fourth-order valence-electron chi connectivity index (χ4n) is 2.39. The van der Waals surface area contributed by atoms with Crippen LogP contribution in [0.4, 0.5) is 5.69 Å². The number of nitrogens with one attached hydrogen (secondary N) is 1. The molecule has 2 aromatic carbocycles. The third-order valence-corrected chi connectivity index (χ3v) is 3.92. The maximum atomic E-state index is 12.6. The molecule has 6 nitrogen and oxygen atoms in total. The zero-order chi connectivity index (χ0) is 19.1. The number of nitrogens with zero attached hydrogens (tertiary/aromatic N) is 1. The zero-order valence-electron chi connectivity index (χ0n) is 14.9. The molecule has 0 bridgehead atoms. The van der Waals surface area contributed by atoms with Crippen LogP contribution in [0.25, 0.3) is 0 Å². The van der Waals surface area contributed by atoms with E-state index in [2.05, 4.69) is 5.32 Å². The van der Waals surface area contributed by atoms with Gasteiger partial charge in [0.1, 0.15) is 11.5 Å². The molecule has 1 atom stereocenters. The summed E-state index contributed by atoms with van der Waals surface area (Å²) in [5.74, 6) is -1.96. The number of methoxy groups -OCH3 is 2. The minimum Gasteiger partial charge on any atom is -0.497 e. The van der Waals surface area contributed by atoms with Crippen molar-refractivity contribution in [1.82, 2.24) is 0 Å². The molecular weight excluding hydrogens is 332 g/mol. The molecule has 0 saturated carbocycles. The van der Waals surface area contributed by atoms with Crippen molar-refractivity contribution in [3.05, 3.63) is 53.6 Å². The molecule has 0 saturated heterocycles. The van der Waals surface area contributed by atoms with Gasteiger partial charge in [-0.05, 0) is 36.2 Å². The van der Waals surface area contributed by atoms with Crippen LogP contribution in [0.15, 0.2) is 42.5 Å². The van der Waals surface area contributed by atoms with Gasteiger partial charge >= 0.3 is 0 Å². The van der Waals surface area contributed by atoms with Crippen molar-refractivity contribution in [1.29, 1.82) is 5.26 Å². The van der Waals surface area contributed by atoms with Gasteiger partial charge in [-0.3, -0.25) is 9.59 Å². The lowest BCUT2D eigenvalue weighted by atomic mass is 9.97. The molecule has 134 valence electrons. The Kier molecular flexibility index (Phi) is 6.34. The van der Waals surface area contributed by atoms with E-state index in [1.165, 1.54) is 26.4 Å². The van der Waals surface area contributed by atoms with Gasteiger partial charge in [-0.15, -0.1) is 0 Å². The second kappa shape index (κ2) is 8.67. The third-order valence-electron chi connectivity index (χ3n) is 3.92. The quantitative estimate of drug-likeness (QED) is 0.610. The smallest absolute Gasteiger partial charge is 0.249 e. The summed E-state index contributed by atoms with van der Waals surface area (Å²) in [4.78, 5) is 25.1. The second-order valence-corrected chi connectivity index (χ2v) is 5.57. The Morgan fingerprint density at radius 3 is 2.12 bits per heavy atom. The average Bonchev–Trinajstić information content (AvgIpc) is 2.68. The van der Waals surface area contributed by atoms with Gasteiger partial charge in [0.05, 0.1) is 20.3 Å². The van der Waals surface area contributed by atoms with Crippen molar-refractivity contribution in [2.45, 2.75) is 13.3 Å². The second-order valence-electron chi connectivity index (χ2n) is 5.57. The summed E-state index contributed by atoms with van der Waals surface area (Å²) < 4.78 is 10.2. The minimum absolute atomic E-state index is 0.171. The lowest BCUT2D eigenvalue weighted by molar-refractivity contribution is -0.117. The molecule has 2 aromatic rings. The number of carbonyl (C=O) groups excluding carboxylic acids is 2. The molecule has 1 unspecified atom stereocenters. The minimum atomic E-state index is -1.47. The highest BCUT2D eigenvalue weighted by Crippen LogP contribution is 2.24. The molecule has 0 aliphatic rings. The van der Waals surface area contributed by atoms with Crippen LogP contribution in [-0.4, -0.2) is 25.9 Å². The average molecular weight is 352 g/mol. The van der Waals surface area contributed by atoms with Crippen molar-refractivity contribution in [3.8, 4) is 17.6 Å². The first kappa shape index (κ1) is 19.0. The molecule has 0 heterocycles. The van der Waals surface area contributed by atoms with Crippen molar-refractivity contribution in [2.75, 3.05) is 19.5 Å². The maximum Gasteiger partial charge on any atom is 0.249 e. The summed E-state index contributed by atoms with van der Waals surface area (Å²) in [5.41, 5.74) is 1.83. The zero-order valence-corrected chi connectivity index (χ0v) is 14.9. The molecule has 1 amide bonds. The summed E-state index contributed by atoms with van der Waals surface area (Å²) in [6.07, 6.45) is 0.880. The Hall–Kier alpha value is -3.33. The first-order chi connectivity index (χ1) is 12.5. The van der Waals surface area contributed by atoms with E-state index < -0.39 is 17.6 Å². The number of hydrogen-bond acceptors (Lipinski definition) is 5. The van der Waals surface area contributed by atoms with Gasteiger partial charge in [-0.2, -0.15) is 5.26 Å². The number of hydrogen-bond donors (Lipinski definition) is 1. The van der Waals surface area contributed by atoms with Crippen LogP contribution in [0.1, 0.15) is 22.8 Å². The predicted molar refractivity (Wildman–Crippen MR) is 97.4 cm³/mol. The van der Waals surface area contributed by atoms with E-state index in [0.717, 1.165) is 12.0 Å². The van der Waals surface area contributed by atoms with Gasteiger partial charge in [0.25, 0.3) is 0 Å². The normalized spacial score (nSPS) is 11.2. The van der Waals surface area contributed by atoms with Gasteiger partial charge in [-0.25, -0.2) is 0 Å². The molecule has 0 radical (unpaired) electrons. The van der Waals surface area contributed by atoms with Crippen LogP contribution in [0.5, 0.6) is 11.5 Å². The number of nitriles is 1. The first-order valence-corrected chi connectivity index (χ1v) is 8.09. The number of aryl methyl sites for hydroxylation is 1. The highest BCUT2D eigenvalue weighted by molar-refractivity contribution is 6.15. The molecular formula is C20H20N2O4. The number of Topliss-reactive ketones (excluding diaryl/α,β-unsaturated/α-hetero) is 1. The molecule has 0 fully saturated rings. The first-order valence-electron chi connectivity index (χ1n) is 8.09. The van der Waals surface area contributed by atoms with Gasteiger partial charge in [0, 0.05) is 17.3 Å². The SMILES string of the molecule is CCc1ccc(NC(=O)C(C#N)C(=O)c2cc(OC)cc(OC)c2)cc1. The Morgan fingerprint density at radius 1 is 1.08 bits per heavy atom. The summed E-state index contributed by atoms with van der Waals surface area (Å²) in [7, 11) is 2.91. The number of ketones is 1. The molecule has 0 aliphatic heterocycles. The standard InChI is InChI=1S/C20H20N2O4/c1-4-13-5-7-15(8-6-13)22-20(24)18(12-21)19(23)14-9-16(25-2)11-17(10-14)26-3/h5-11,18H,4H2,1-3H3,(H,22,24). The maximum absolute atomic E-state index is 12.6.